The molecule has 1 aromatic carbocycles. The van der Waals surface area contributed by atoms with Gasteiger partial charge in [0.1, 0.15) is 0 Å². The van der Waals surface area contributed by atoms with Crippen LogP contribution in [0.4, 0.5) is 5.95 Å². The van der Waals surface area contributed by atoms with Gasteiger partial charge in [-0.15, -0.1) is 11.3 Å². The minimum atomic E-state index is -0.0974. The number of likely N-dealkylation sites (N-methyl/N-ethyl adjacent to an activating group) is 1. The van der Waals surface area contributed by atoms with Gasteiger partial charge in [-0.2, -0.15) is 0 Å². The summed E-state index contributed by atoms with van der Waals surface area (Å²) in [6.45, 7) is 8.39. The Bertz CT molecular complexity index is 963. The molecule has 160 valence electrons. The van der Waals surface area contributed by atoms with Crippen molar-refractivity contribution >= 4 is 40.1 Å². The zero-order valence-electron chi connectivity index (χ0n) is 17.6. The van der Waals surface area contributed by atoms with Gasteiger partial charge in [0.2, 0.25) is 11.9 Å². The highest BCUT2D eigenvalue weighted by Crippen LogP contribution is 2.20. The van der Waals surface area contributed by atoms with Crippen LogP contribution in [0.1, 0.15) is 36.4 Å². The first-order chi connectivity index (χ1) is 14.6. The highest BCUT2D eigenvalue weighted by atomic mass is 32.1. The number of nitrogens with zero attached hydrogens (tertiary/aromatic N) is 3. The molecule has 0 bridgehead atoms. The number of carbonyl (C=O) groups is 2. The Hall–Kier alpha value is -2.71. The van der Waals surface area contributed by atoms with E-state index in [9.17, 15) is 9.59 Å². The van der Waals surface area contributed by atoms with Crippen molar-refractivity contribution in [2.75, 3.05) is 31.5 Å². The Morgan fingerprint density at radius 1 is 1.13 bits per heavy atom. The molecule has 0 fully saturated rings. The topological polar surface area (TPSA) is 79.3 Å². The largest absolute Gasteiger partial charge is 0.351 e. The number of fused-ring (bicyclic) bond motifs is 1. The van der Waals surface area contributed by atoms with Gasteiger partial charge in [-0.3, -0.25) is 14.9 Å². The lowest BCUT2D eigenvalue weighted by molar-refractivity contribution is -0.116. The number of hydrogen-bond acceptors (Lipinski definition) is 5. The van der Waals surface area contributed by atoms with Crippen LogP contribution in [0.15, 0.2) is 41.8 Å². The third-order valence-corrected chi connectivity index (χ3v) is 5.92. The summed E-state index contributed by atoms with van der Waals surface area (Å²) in [5, 5.41) is 7.68. The average molecular weight is 428 g/mol. The molecule has 3 aromatic rings. The minimum Gasteiger partial charge on any atom is -0.351 e. The number of carbonyl (C=O) groups excluding carboxylic acids is 2. The monoisotopic (exact) mass is 427 g/mol. The summed E-state index contributed by atoms with van der Waals surface area (Å²) >= 11 is 1.40. The normalized spacial score (nSPS) is 11.2. The van der Waals surface area contributed by atoms with Crippen molar-refractivity contribution in [2.24, 2.45) is 0 Å². The Morgan fingerprint density at radius 3 is 2.67 bits per heavy atom. The molecule has 0 saturated carbocycles. The van der Waals surface area contributed by atoms with Crippen LogP contribution in [-0.2, 0) is 11.3 Å². The number of imidazole rings is 1. The molecular weight excluding hydrogens is 398 g/mol. The van der Waals surface area contributed by atoms with Crippen molar-refractivity contribution in [3.05, 3.63) is 46.7 Å². The maximum atomic E-state index is 12.5. The molecule has 0 atom stereocenters. The van der Waals surface area contributed by atoms with Crippen molar-refractivity contribution in [3.63, 3.8) is 0 Å². The lowest BCUT2D eigenvalue weighted by Gasteiger charge is -2.19. The van der Waals surface area contributed by atoms with Crippen LogP contribution in [0.25, 0.3) is 11.0 Å². The van der Waals surface area contributed by atoms with Crippen LogP contribution < -0.4 is 10.6 Å². The van der Waals surface area contributed by atoms with E-state index in [4.69, 9.17) is 0 Å². The number of amides is 2. The van der Waals surface area contributed by atoms with Gasteiger partial charge in [-0.05, 0) is 43.1 Å². The molecule has 0 aliphatic heterocycles. The fourth-order valence-corrected chi connectivity index (χ4v) is 3.95. The molecule has 3 rings (SSSR count). The number of hydrogen-bond donors (Lipinski definition) is 2. The van der Waals surface area contributed by atoms with Gasteiger partial charge in [0, 0.05) is 26.1 Å². The SMILES string of the molecule is CCN(CC)CCn1c(NC(=O)CCCNC(=O)c2cccs2)nc2ccccc21. The molecule has 0 aliphatic carbocycles. The van der Waals surface area contributed by atoms with E-state index in [-0.39, 0.29) is 11.8 Å². The van der Waals surface area contributed by atoms with Gasteiger partial charge in [0.25, 0.3) is 5.91 Å². The first-order valence-electron chi connectivity index (χ1n) is 10.4. The minimum absolute atomic E-state index is 0.0939. The molecule has 8 heteroatoms. The molecule has 2 aromatic heterocycles. The predicted molar refractivity (Wildman–Crippen MR) is 122 cm³/mol. The van der Waals surface area contributed by atoms with Crippen LogP contribution >= 0.6 is 11.3 Å². The summed E-state index contributed by atoms with van der Waals surface area (Å²) in [6.07, 6.45) is 0.895. The third kappa shape index (κ3) is 5.67. The zero-order valence-corrected chi connectivity index (χ0v) is 18.4. The van der Waals surface area contributed by atoms with Gasteiger partial charge in [0.05, 0.1) is 15.9 Å². The molecule has 0 radical (unpaired) electrons. The number of para-hydroxylation sites is 2. The number of thiophene rings is 1. The Labute approximate surface area is 181 Å². The van der Waals surface area contributed by atoms with E-state index in [0.717, 1.165) is 37.2 Å². The molecular formula is C22H29N5O2S. The van der Waals surface area contributed by atoms with E-state index >= 15 is 0 Å². The summed E-state index contributed by atoms with van der Waals surface area (Å²) < 4.78 is 2.07. The highest BCUT2D eigenvalue weighted by molar-refractivity contribution is 7.12. The summed E-state index contributed by atoms with van der Waals surface area (Å²) in [5.74, 6) is 0.388. The fraction of sp³-hybridized carbons (Fsp3) is 0.409. The first kappa shape index (κ1) is 22.0. The highest BCUT2D eigenvalue weighted by Gasteiger charge is 2.14. The first-order valence-corrected chi connectivity index (χ1v) is 11.3. The molecule has 2 heterocycles. The summed E-state index contributed by atoms with van der Waals surface area (Å²) in [7, 11) is 0. The Balaban J connectivity index is 1.56. The standard InChI is InChI=1S/C22H29N5O2S/c1-3-26(4-2)14-15-27-18-10-6-5-9-17(18)24-22(27)25-20(28)12-7-13-23-21(29)19-11-8-16-30-19/h5-6,8-11,16H,3-4,7,12-15H2,1-2H3,(H,23,29)(H,24,25,28). The second-order valence-electron chi connectivity index (χ2n) is 6.99. The van der Waals surface area contributed by atoms with Crippen LogP contribution in [0.2, 0.25) is 0 Å². The van der Waals surface area contributed by atoms with Gasteiger partial charge in [-0.1, -0.05) is 32.0 Å². The molecule has 2 amide bonds. The fourth-order valence-electron chi connectivity index (χ4n) is 3.31. The molecule has 0 unspecified atom stereocenters. The van der Waals surface area contributed by atoms with Crippen molar-refractivity contribution in [3.8, 4) is 0 Å². The van der Waals surface area contributed by atoms with Crippen LogP contribution in [0.3, 0.4) is 0 Å². The second-order valence-corrected chi connectivity index (χ2v) is 7.94. The van der Waals surface area contributed by atoms with Gasteiger partial charge in [0.15, 0.2) is 0 Å². The lowest BCUT2D eigenvalue weighted by Crippen LogP contribution is -2.28. The van der Waals surface area contributed by atoms with E-state index < -0.39 is 0 Å². The number of benzene rings is 1. The van der Waals surface area contributed by atoms with E-state index in [2.05, 4.69) is 38.9 Å². The van der Waals surface area contributed by atoms with Crippen molar-refractivity contribution in [2.45, 2.75) is 33.2 Å². The van der Waals surface area contributed by atoms with Gasteiger partial charge >= 0.3 is 0 Å². The molecule has 30 heavy (non-hydrogen) atoms. The summed E-state index contributed by atoms with van der Waals surface area (Å²) in [4.78, 5) is 32.1. The maximum Gasteiger partial charge on any atom is 0.261 e. The molecule has 0 saturated heterocycles. The van der Waals surface area contributed by atoms with Crippen molar-refractivity contribution < 1.29 is 9.59 Å². The Kier molecular flexibility index (Phi) is 7.98. The third-order valence-electron chi connectivity index (χ3n) is 5.05. The molecule has 7 nitrogen and oxygen atoms in total. The number of aromatic nitrogens is 2. The van der Waals surface area contributed by atoms with E-state index in [1.54, 1.807) is 6.07 Å². The van der Waals surface area contributed by atoms with Crippen molar-refractivity contribution in [1.29, 1.82) is 0 Å². The number of anilines is 1. The van der Waals surface area contributed by atoms with Crippen LogP contribution in [0, 0.1) is 0 Å². The van der Waals surface area contributed by atoms with E-state index in [1.165, 1.54) is 11.3 Å². The van der Waals surface area contributed by atoms with Crippen LogP contribution in [0.5, 0.6) is 0 Å². The van der Waals surface area contributed by atoms with E-state index in [0.29, 0.717) is 30.2 Å². The quantitative estimate of drug-likeness (QED) is 0.459. The number of rotatable bonds is 11. The molecule has 0 spiro atoms. The average Bonchev–Trinajstić information content (AvgIpc) is 3.40. The predicted octanol–water partition coefficient (Wildman–Crippen LogP) is 3.59. The zero-order chi connectivity index (χ0) is 21.3. The molecule has 0 aliphatic rings. The number of nitrogens with one attached hydrogen (secondary N) is 2. The lowest BCUT2D eigenvalue weighted by atomic mass is 10.3. The van der Waals surface area contributed by atoms with E-state index in [1.807, 2.05) is 35.7 Å². The Morgan fingerprint density at radius 2 is 1.93 bits per heavy atom. The maximum absolute atomic E-state index is 12.5. The molecule has 2 N–H and O–H groups in total. The summed E-state index contributed by atoms with van der Waals surface area (Å²) in [6, 6.07) is 11.6. The second kappa shape index (κ2) is 10.9. The van der Waals surface area contributed by atoms with Gasteiger partial charge < -0.3 is 14.8 Å². The van der Waals surface area contributed by atoms with Crippen molar-refractivity contribution in [1.82, 2.24) is 19.8 Å². The van der Waals surface area contributed by atoms with Gasteiger partial charge in [-0.25, -0.2) is 4.98 Å². The van der Waals surface area contributed by atoms with Crippen LogP contribution in [-0.4, -0.2) is 52.4 Å². The smallest absolute Gasteiger partial charge is 0.261 e. The summed E-state index contributed by atoms with van der Waals surface area (Å²) in [5.41, 5.74) is 1.89.